The van der Waals surface area contributed by atoms with Gasteiger partial charge in [0.2, 0.25) is 11.8 Å². The number of aromatic nitrogens is 1. The minimum absolute atomic E-state index is 0.242. The number of methoxy groups -OCH3 is 1. The number of ether oxygens (including phenoxy) is 1. The van der Waals surface area contributed by atoms with Crippen molar-refractivity contribution in [1.82, 2.24) is 4.98 Å². The molecule has 0 radical (unpaired) electrons. The van der Waals surface area contributed by atoms with Crippen molar-refractivity contribution in [3.05, 3.63) is 30.0 Å². The molecule has 0 aliphatic rings. The van der Waals surface area contributed by atoms with Gasteiger partial charge in [-0.15, -0.1) is 0 Å². The molecule has 0 fully saturated rings. The standard InChI is InChI=1S/C11H14N2O2/c1-5-9(14)13-11-7(2)6-10(15-4)12-8(11)3/h5-6H,1H2,2-4H3,(H,13,14). The van der Waals surface area contributed by atoms with Gasteiger partial charge in [-0.25, -0.2) is 4.98 Å². The Morgan fingerprint density at radius 2 is 2.27 bits per heavy atom. The third-order valence-electron chi connectivity index (χ3n) is 2.02. The van der Waals surface area contributed by atoms with E-state index in [1.54, 1.807) is 13.2 Å². The second-order valence-electron chi connectivity index (χ2n) is 3.14. The maximum Gasteiger partial charge on any atom is 0.247 e. The fraction of sp³-hybridized carbons (Fsp3) is 0.273. The van der Waals surface area contributed by atoms with E-state index in [9.17, 15) is 4.79 Å². The molecule has 80 valence electrons. The summed E-state index contributed by atoms with van der Waals surface area (Å²) in [6.45, 7) is 7.09. The molecule has 1 N–H and O–H groups in total. The minimum atomic E-state index is -0.242. The molecule has 0 aliphatic carbocycles. The van der Waals surface area contributed by atoms with E-state index in [0.717, 1.165) is 11.3 Å². The highest BCUT2D eigenvalue weighted by Crippen LogP contribution is 2.22. The number of carbonyl (C=O) groups excluding carboxylic acids is 1. The summed E-state index contributed by atoms with van der Waals surface area (Å²) in [4.78, 5) is 15.3. The lowest BCUT2D eigenvalue weighted by molar-refractivity contribution is -0.111. The lowest BCUT2D eigenvalue weighted by Crippen LogP contribution is -2.11. The van der Waals surface area contributed by atoms with Crippen LogP contribution >= 0.6 is 0 Å². The number of nitrogens with one attached hydrogen (secondary N) is 1. The van der Waals surface area contributed by atoms with Crippen LogP contribution in [0.4, 0.5) is 5.69 Å². The Hall–Kier alpha value is -1.84. The van der Waals surface area contributed by atoms with Crippen LogP contribution in [0.2, 0.25) is 0 Å². The quantitative estimate of drug-likeness (QED) is 0.767. The number of rotatable bonds is 3. The van der Waals surface area contributed by atoms with Gasteiger partial charge >= 0.3 is 0 Å². The fourth-order valence-electron chi connectivity index (χ4n) is 1.26. The second kappa shape index (κ2) is 4.59. The number of pyridine rings is 1. The van der Waals surface area contributed by atoms with Crippen LogP contribution in [0, 0.1) is 13.8 Å². The van der Waals surface area contributed by atoms with E-state index in [-0.39, 0.29) is 5.91 Å². The van der Waals surface area contributed by atoms with Crippen LogP contribution in [-0.2, 0) is 4.79 Å². The average molecular weight is 206 g/mol. The summed E-state index contributed by atoms with van der Waals surface area (Å²) in [5.74, 6) is 0.301. The molecule has 4 nitrogen and oxygen atoms in total. The van der Waals surface area contributed by atoms with Gasteiger partial charge in [-0.05, 0) is 25.5 Å². The Morgan fingerprint density at radius 3 is 2.73 bits per heavy atom. The van der Waals surface area contributed by atoms with Crippen molar-refractivity contribution >= 4 is 11.6 Å². The maximum absolute atomic E-state index is 11.2. The predicted octanol–water partition coefficient (Wildman–Crippen LogP) is 1.83. The number of hydrogen-bond acceptors (Lipinski definition) is 3. The summed E-state index contributed by atoms with van der Waals surface area (Å²) in [6, 6.07) is 1.77. The van der Waals surface area contributed by atoms with Gasteiger partial charge in [-0.3, -0.25) is 4.79 Å². The lowest BCUT2D eigenvalue weighted by Gasteiger charge is -2.10. The zero-order valence-corrected chi connectivity index (χ0v) is 9.13. The van der Waals surface area contributed by atoms with Gasteiger partial charge in [-0.1, -0.05) is 6.58 Å². The maximum atomic E-state index is 11.2. The van der Waals surface area contributed by atoms with E-state index in [1.807, 2.05) is 13.8 Å². The fourth-order valence-corrected chi connectivity index (χ4v) is 1.26. The molecular formula is C11H14N2O2. The van der Waals surface area contributed by atoms with Gasteiger partial charge in [0.05, 0.1) is 18.5 Å². The lowest BCUT2D eigenvalue weighted by atomic mass is 10.2. The molecule has 1 aromatic heterocycles. The highest BCUT2D eigenvalue weighted by Gasteiger charge is 2.08. The number of nitrogens with zero attached hydrogens (tertiary/aromatic N) is 1. The van der Waals surface area contributed by atoms with Crippen LogP contribution in [0.1, 0.15) is 11.3 Å². The molecule has 4 heteroatoms. The first-order valence-electron chi connectivity index (χ1n) is 4.54. The van der Waals surface area contributed by atoms with Crippen LogP contribution in [0.15, 0.2) is 18.7 Å². The first kappa shape index (κ1) is 11.2. The van der Waals surface area contributed by atoms with Gasteiger partial charge in [0.15, 0.2) is 0 Å². The molecule has 0 spiro atoms. The van der Waals surface area contributed by atoms with Crippen molar-refractivity contribution in [1.29, 1.82) is 0 Å². The van der Waals surface area contributed by atoms with Crippen LogP contribution in [0.3, 0.4) is 0 Å². The monoisotopic (exact) mass is 206 g/mol. The number of hydrogen-bond donors (Lipinski definition) is 1. The van der Waals surface area contributed by atoms with Crippen LogP contribution in [-0.4, -0.2) is 18.0 Å². The van der Waals surface area contributed by atoms with E-state index in [4.69, 9.17) is 4.74 Å². The molecular weight excluding hydrogens is 192 g/mol. The normalized spacial score (nSPS) is 9.53. The zero-order valence-electron chi connectivity index (χ0n) is 9.13. The molecule has 0 bridgehead atoms. The van der Waals surface area contributed by atoms with Gasteiger partial charge < -0.3 is 10.1 Å². The third kappa shape index (κ3) is 2.56. The topological polar surface area (TPSA) is 51.2 Å². The van der Waals surface area contributed by atoms with Gasteiger partial charge in [0, 0.05) is 6.07 Å². The molecule has 1 amide bonds. The largest absolute Gasteiger partial charge is 0.481 e. The summed E-state index contributed by atoms with van der Waals surface area (Å²) < 4.78 is 5.02. The first-order chi connectivity index (χ1) is 7.08. The van der Waals surface area contributed by atoms with Crippen molar-refractivity contribution in [2.24, 2.45) is 0 Å². The highest BCUT2D eigenvalue weighted by atomic mass is 16.5. The summed E-state index contributed by atoms with van der Waals surface area (Å²) in [5, 5.41) is 2.70. The molecule has 1 aromatic rings. The third-order valence-corrected chi connectivity index (χ3v) is 2.02. The summed E-state index contributed by atoms with van der Waals surface area (Å²) >= 11 is 0. The molecule has 0 saturated carbocycles. The van der Waals surface area contributed by atoms with Crippen molar-refractivity contribution < 1.29 is 9.53 Å². The molecule has 0 saturated heterocycles. The average Bonchev–Trinajstić information content (AvgIpc) is 2.22. The molecule has 0 aromatic carbocycles. The van der Waals surface area contributed by atoms with E-state index in [2.05, 4.69) is 16.9 Å². The predicted molar refractivity (Wildman–Crippen MR) is 59.1 cm³/mol. The second-order valence-corrected chi connectivity index (χ2v) is 3.14. The molecule has 15 heavy (non-hydrogen) atoms. The Morgan fingerprint density at radius 1 is 1.60 bits per heavy atom. The first-order valence-corrected chi connectivity index (χ1v) is 4.54. The number of aryl methyl sites for hydroxylation is 2. The van der Waals surface area contributed by atoms with E-state index < -0.39 is 0 Å². The summed E-state index contributed by atoms with van der Waals surface area (Å²) in [7, 11) is 1.56. The van der Waals surface area contributed by atoms with Crippen LogP contribution in [0.5, 0.6) is 5.88 Å². The number of amides is 1. The van der Waals surface area contributed by atoms with Gasteiger partial charge in [0.1, 0.15) is 0 Å². The van der Waals surface area contributed by atoms with E-state index in [1.165, 1.54) is 6.08 Å². The van der Waals surface area contributed by atoms with Crippen molar-refractivity contribution in [2.75, 3.05) is 12.4 Å². The van der Waals surface area contributed by atoms with Crippen molar-refractivity contribution in [3.8, 4) is 5.88 Å². The Labute approximate surface area is 89.0 Å². The SMILES string of the molecule is C=CC(=O)Nc1c(C)cc(OC)nc1C. The zero-order chi connectivity index (χ0) is 11.4. The minimum Gasteiger partial charge on any atom is -0.481 e. The Balaban J connectivity index is 3.08. The molecule has 1 rings (SSSR count). The van der Waals surface area contributed by atoms with Crippen LogP contribution < -0.4 is 10.1 Å². The number of anilines is 1. The smallest absolute Gasteiger partial charge is 0.247 e. The number of carbonyl (C=O) groups is 1. The van der Waals surface area contributed by atoms with E-state index >= 15 is 0 Å². The molecule has 0 unspecified atom stereocenters. The van der Waals surface area contributed by atoms with E-state index in [0.29, 0.717) is 11.6 Å². The summed E-state index contributed by atoms with van der Waals surface area (Å²) in [5.41, 5.74) is 2.34. The van der Waals surface area contributed by atoms with Crippen molar-refractivity contribution in [3.63, 3.8) is 0 Å². The molecule has 1 heterocycles. The van der Waals surface area contributed by atoms with Crippen molar-refractivity contribution in [2.45, 2.75) is 13.8 Å². The molecule has 0 aliphatic heterocycles. The Bertz CT molecular complexity index is 377. The van der Waals surface area contributed by atoms with Gasteiger partial charge in [-0.2, -0.15) is 0 Å². The molecule has 0 atom stereocenters. The van der Waals surface area contributed by atoms with Crippen LogP contribution in [0.25, 0.3) is 0 Å². The summed E-state index contributed by atoms with van der Waals surface area (Å²) in [6.07, 6.45) is 1.23. The van der Waals surface area contributed by atoms with Gasteiger partial charge in [0.25, 0.3) is 0 Å². The highest BCUT2D eigenvalue weighted by molar-refractivity contribution is 5.99. The Kier molecular flexibility index (Phi) is 3.44.